The second-order valence-corrected chi connectivity index (χ2v) is 6.61. The van der Waals surface area contributed by atoms with E-state index in [9.17, 15) is 9.59 Å². The zero-order valence-electron chi connectivity index (χ0n) is 14.5. The molecule has 0 atom stereocenters. The van der Waals surface area contributed by atoms with Crippen molar-refractivity contribution in [3.63, 3.8) is 0 Å². The molecule has 0 saturated heterocycles. The summed E-state index contributed by atoms with van der Waals surface area (Å²) in [6.07, 6.45) is 1.44. The van der Waals surface area contributed by atoms with Crippen molar-refractivity contribution in [2.75, 3.05) is 17.2 Å². The topological polar surface area (TPSA) is 80.6 Å². The van der Waals surface area contributed by atoms with Crippen molar-refractivity contribution in [3.05, 3.63) is 76.7 Å². The highest BCUT2D eigenvalue weighted by atomic mass is 79.9. The van der Waals surface area contributed by atoms with Crippen molar-refractivity contribution < 1.29 is 18.7 Å². The number of carbonyl (C=O) groups is 2. The maximum absolute atomic E-state index is 12.0. The van der Waals surface area contributed by atoms with Gasteiger partial charge in [0.1, 0.15) is 5.75 Å². The van der Waals surface area contributed by atoms with Gasteiger partial charge in [-0.2, -0.15) is 0 Å². The molecule has 3 aromatic rings. The number of ether oxygens (including phenoxy) is 1. The minimum atomic E-state index is -0.335. The molecule has 0 aliphatic heterocycles. The van der Waals surface area contributed by atoms with Crippen molar-refractivity contribution in [3.8, 4) is 5.75 Å². The molecule has 0 saturated carbocycles. The lowest BCUT2D eigenvalue weighted by Gasteiger charge is -2.09. The van der Waals surface area contributed by atoms with E-state index in [2.05, 4.69) is 26.6 Å². The summed E-state index contributed by atoms with van der Waals surface area (Å²) in [4.78, 5) is 23.9. The zero-order chi connectivity index (χ0) is 19.2. The van der Waals surface area contributed by atoms with Gasteiger partial charge in [-0.25, -0.2) is 0 Å². The van der Waals surface area contributed by atoms with Crippen LogP contribution in [0.2, 0.25) is 0 Å². The molecule has 2 aromatic carbocycles. The first-order valence-corrected chi connectivity index (χ1v) is 8.94. The SMILES string of the molecule is Cc1cc(NC(=O)COc2ccc(NC(=O)c3ccco3)cc2)ccc1Br. The van der Waals surface area contributed by atoms with Crippen LogP contribution in [0.15, 0.2) is 69.8 Å². The third kappa shape index (κ3) is 5.21. The molecule has 3 rings (SSSR count). The van der Waals surface area contributed by atoms with Gasteiger partial charge in [0.15, 0.2) is 12.4 Å². The summed E-state index contributed by atoms with van der Waals surface area (Å²) < 4.78 is 11.5. The van der Waals surface area contributed by atoms with Crippen LogP contribution in [0.4, 0.5) is 11.4 Å². The Hall–Kier alpha value is -3.06. The van der Waals surface area contributed by atoms with E-state index in [1.807, 2.05) is 25.1 Å². The van der Waals surface area contributed by atoms with E-state index in [0.717, 1.165) is 10.0 Å². The summed E-state index contributed by atoms with van der Waals surface area (Å²) in [5, 5.41) is 5.49. The average molecular weight is 429 g/mol. The van der Waals surface area contributed by atoms with Gasteiger partial charge in [-0.3, -0.25) is 9.59 Å². The van der Waals surface area contributed by atoms with Crippen molar-refractivity contribution in [2.24, 2.45) is 0 Å². The Balaban J connectivity index is 1.50. The quantitative estimate of drug-likeness (QED) is 0.599. The van der Waals surface area contributed by atoms with Crippen LogP contribution in [-0.2, 0) is 4.79 Å². The summed E-state index contributed by atoms with van der Waals surface area (Å²) in [6, 6.07) is 15.5. The van der Waals surface area contributed by atoms with Crippen molar-refractivity contribution in [1.82, 2.24) is 0 Å². The lowest BCUT2D eigenvalue weighted by Crippen LogP contribution is -2.20. The lowest BCUT2D eigenvalue weighted by molar-refractivity contribution is -0.118. The molecule has 0 unspecified atom stereocenters. The second-order valence-electron chi connectivity index (χ2n) is 5.76. The predicted molar refractivity (Wildman–Crippen MR) is 106 cm³/mol. The monoisotopic (exact) mass is 428 g/mol. The molecule has 7 heteroatoms. The number of hydrogen-bond donors (Lipinski definition) is 2. The minimum Gasteiger partial charge on any atom is -0.484 e. The minimum absolute atomic E-state index is 0.118. The van der Waals surface area contributed by atoms with Gasteiger partial charge in [0.25, 0.3) is 11.8 Å². The molecular formula is C20H17BrN2O4. The van der Waals surface area contributed by atoms with Gasteiger partial charge >= 0.3 is 0 Å². The van der Waals surface area contributed by atoms with Gasteiger partial charge in [0.05, 0.1) is 6.26 Å². The van der Waals surface area contributed by atoms with Gasteiger partial charge in [-0.15, -0.1) is 0 Å². The fraction of sp³-hybridized carbons (Fsp3) is 0.100. The summed E-state index contributed by atoms with van der Waals surface area (Å²) in [7, 11) is 0. The highest BCUT2D eigenvalue weighted by Crippen LogP contribution is 2.20. The highest BCUT2D eigenvalue weighted by Gasteiger charge is 2.09. The summed E-state index contributed by atoms with van der Waals surface area (Å²) in [5.74, 6) is 0.160. The third-order valence-electron chi connectivity index (χ3n) is 3.67. The Morgan fingerprint density at radius 3 is 2.44 bits per heavy atom. The molecule has 2 amide bonds. The van der Waals surface area contributed by atoms with Crippen LogP contribution in [0.25, 0.3) is 0 Å². The molecule has 2 N–H and O–H groups in total. The number of nitrogens with one attached hydrogen (secondary N) is 2. The summed E-state index contributed by atoms with van der Waals surface area (Å²) in [5.41, 5.74) is 2.33. The predicted octanol–water partition coefficient (Wildman–Crippen LogP) is 4.62. The Kier molecular flexibility index (Phi) is 5.93. The largest absolute Gasteiger partial charge is 0.484 e. The van der Waals surface area contributed by atoms with Crippen LogP contribution in [0.3, 0.4) is 0 Å². The fourth-order valence-electron chi connectivity index (χ4n) is 2.30. The molecule has 1 aromatic heterocycles. The van der Waals surface area contributed by atoms with E-state index >= 15 is 0 Å². The number of amides is 2. The second kappa shape index (κ2) is 8.55. The first-order valence-electron chi connectivity index (χ1n) is 8.15. The average Bonchev–Trinajstić information content (AvgIpc) is 3.19. The molecular weight excluding hydrogens is 412 g/mol. The number of hydrogen-bond acceptors (Lipinski definition) is 4. The molecule has 0 spiro atoms. The molecule has 27 heavy (non-hydrogen) atoms. The van der Waals surface area contributed by atoms with E-state index in [1.165, 1.54) is 6.26 Å². The number of aryl methyl sites for hydroxylation is 1. The lowest BCUT2D eigenvalue weighted by atomic mass is 10.2. The molecule has 1 heterocycles. The third-order valence-corrected chi connectivity index (χ3v) is 4.56. The standard InChI is InChI=1S/C20H17BrN2O4/c1-13-11-15(6-9-17(13)21)22-19(24)12-27-16-7-4-14(5-8-16)23-20(25)18-3-2-10-26-18/h2-11H,12H2,1H3,(H,22,24)(H,23,25). The van der Waals surface area contributed by atoms with Crippen LogP contribution in [0, 0.1) is 6.92 Å². The zero-order valence-corrected chi connectivity index (χ0v) is 16.1. The Bertz CT molecular complexity index is 937. The number of halogens is 1. The molecule has 0 aliphatic carbocycles. The van der Waals surface area contributed by atoms with Gasteiger partial charge in [-0.05, 0) is 67.1 Å². The van der Waals surface area contributed by atoms with Crippen molar-refractivity contribution in [2.45, 2.75) is 6.92 Å². The van der Waals surface area contributed by atoms with Crippen molar-refractivity contribution >= 4 is 39.1 Å². The van der Waals surface area contributed by atoms with Crippen LogP contribution in [0.1, 0.15) is 16.1 Å². The van der Waals surface area contributed by atoms with E-state index in [-0.39, 0.29) is 24.2 Å². The molecule has 0 bridgehead atoms. The van der Waals surface area contributed by atoms with E-state index < -0.39 is 0 Å². The Morgan fingerprint density at radius 2 is 1.78 bits per heavy atom. The number of rotatable bonds is 6. The molecule has 138 valence electrons. The normalized spacial score (nSPS) is 10.3. The van der Waals surface area contributed by atoms with Gasteiger partial charge in [-0.1, -0.05) is 15.9 Å². The van der Waals surface area contributed by atoms with Crippen LogP contribution in [-0.4, -0.2) is 18.4 Å². The maximum Gasteiger partial charge on any atom is 0.291 e. The first-order chi connectivity index (χ1) is 13.0. The van der Waals surface area contributed by atoms with Gasteiger partial charge in [0.2, 0.25) is 0 Å². The Morgan fingerprint density at radius 1 is 1.04 bits per heavy atom. The van der Waals surface area contributed by atoms with Gasteiger partial charge in [0, 0.05) is 15.8 Å². The number of benzene rings is 2. The number of furan rings is 1. The number of carbonyl (C=O) groups excluding carboxylic acids is 2. The van der Waals surface area contributed by atoms with Gasteiger partial charge < -0.3 is 19.8 Å². The van der Waals surface area contributed by atoms with Crippen LogP contribution >= 0.6 is 15.9 Å². The molecule has 0 aliphatic rings. The van der Waals surface area contributed by atoms with Crippen LogP contribution < -0.4 is 15.4 Å². The van der Waals surface area contributed by atoms with E-state index in [4.69, 9.17) is 9.15 Å². The molecule has 0 fully saturated rings. The molecule has 6 nitrogen and oxygen atoms in total. The fourth-order valence-corrected chi connectivity index (χ4v) is 2.55. The Labute approximate surface area is 164 Å². The van der Waals surface area contributed by atoms with Crippen molar-refractivity contribution in [1.29, 1.82) is 0 Å². The molecule has 0 radical (unpaired) electrons. The first kappa shape index (κ1) is 18.7. The van der Waals surface area contributed by atoms with E-state index in [0.29, 0.717) is 17.1 Å². The highest BCUT2D eigenvalue weighted by molar-refractivity contribution is 9.10. The maximum atomic E-state index is 12.0. The van der Waals surface area contributed by atoms with E-state index in [1.54, 1.807) is 36.4 Å². The number of anilines is 2. The summed E-state index contributed by atoms with van der Waals surface area (Å²) >= 11 is 3.42. The smallest absolute Gasteiger partial charge is 0.291 e. The van der Waals surface area contributed by atoms with Crippen LogP contribution in [0.5, 0.6) is 5.75 Å². The summed E-state index contributed by atoms with van der Waals surface area (Å²) in [6.45, 7) is 1.83.